The first-order chi connectivity index (χ1) is 13.8. The Hall–Kier alpha value is -1.76. The van der Waals surface area contributed by atoms with Crippen LogP contribution in [-0.4, -0.2) is 56.8 Å². The van der Waals surface area contributed by atoms with Gasteiger partial charge >= 0.3 is 0 Å². The first-order valence-electron chi connectivity index (χ1n) is 10.8. The number of likely N-dealkylation sites (N-methyl/N-ethyl adjacent to an activating group) is 1. The minimum Gasteiger partial charge on any atom is -0.357 e. The van der Waals surface area contributed by atoms with E-state index in [0.717, 1.165) is 51.3 Å². The molecule has 2 fully saturated rings. The first kappa shape index (κ1) is 19.6. The Kier molecular flexibility index (Phi) is 6.73. The molecular formula is C22H33N5O. The second-order valence-electron chi connectivity index (χ2n) is 8.00. The van der Waals surface area contributed by atoms with Crippen LogP contribution in [0.1, 0.15) is 56.6 Å². The number of rotatable bonds is 8. The Labute approximate surface area is 168 Å². The molecule has 2 aliphatic rings. The first-order valence-corrected chi connectivity index (χ1v) is 10.8. The lowest BCUT2D eigenvalue weighted by atomic mass is 10.1. The van der Waals surface area contributed by atoms with Crippen LogP contribution in [0.3, 0.4) is 0 Å². The van der Waals surface area contributed by atoms with Crippen molar-refractivity contribution in [1.29, 1.82) is 0 Å². The number of likely N-dealkylation sites (tertiary alicyclic amines) is 1. The molecule has 2 atom stereocenters. The van der Waals surface area contributed by atoms with Gasteiger partial charge in [-0.25, -0.2) is 4.68 Å². The van der Waals surface area contributed by atoms with Crippen molar-refractivity contribution in [3.8, 4) is 0 Å². The van der Waals surface area contributed by atoms with Gasteiger partial charge in [0.25, 0.3) is 0 Å². The Bertz CT molecular complexity index is 713. The molecule has 0 bridgehead atoms. The van der Waals surface area contributed by atoms with Crippen molar-refractivity contribution < 1.29 is 4.74 Å². The summed E-state index contributed by atoms with van der Waals surface area (Å²) in [5, 5.41) is 4.60. The lowest BCUT2D eigenvalue weighted by Gasteiger charge is -2.31. The highest BCUT2D eigenvalue weighted by atomic mass is 16.5. The third kappa shape index (κ3) is 4.80. The van der Waals surface area contributed by atoms with Crippen molar-refractivity contribution in [2.45, 2.75) is 64.4 Å². The lowest BCUT2D eigenvalue weighted by molar-refractivity contribution is -0.0422. The molecule has 0 spiro atoms. The molecule has 4 heterocycles. The number of hydrogen-bond acceptors (Lipinski definition) is 5. The van der Waals surface area contributed by atoms with E-state index in [-0.39, 0.29) is 6.23 Å². The van der Waals surface area contributed by atoms with Crippen LogP contribution in [-0.2, 0) is 17.8 Å². The fourth-order valence-corrected chi connectivity index (χ4v) is 4.59. The summed E-state index contributed by atoms with van der Waals surface area (Å²) in [6, 6.07) is 8.97. The number of ether oxygens (including phenoxy) is 1. The van der Waals surface area contributed by atoms with Crippen LogP contribution >= 0.6 is 0 Å². The molecular weight excluding hydrogens is 350 g/mol. The highest BCUT2D eigenvalue weighted by Crippen LogP contribution is 2.25. The maximum Gasteiger partial charge on any atom is 0.150 e. The van der Waals surface area contributed by atoms with Crippen molar-refractivity contribution >= 4 is 0 Å². The maximum absolute atomic E-state index is 5.99. The molecule has 6 nitrogen and oxygen atoms in total. The highest BCUT2D eigenvalue weighted by Gasteiger charge is 2.26. The van der Waals surface area contributed by atoms with E-state index in [1.54, 1.807) is 0 Å². The lowest BCUT2D eigenvalue weighted by Crippen LogP contribution is -2.40. The molecule has 4 rings (SSSR count). The molecule has 0 unspecified atom stereocenters. The van der Waals surface area contributed by atoms with Gasteiger partial charge in [-0.3, -0.25) is 14.8 Å². The van der Waals surface area contributed by atoms with E-state index >= 15 is 0 Å². The van der Waals surface area contributed by atoms with Crippen LogP contribution in [0.5, 0.6) is 0 Å². The van der Waals surface area contributed by atoms with Crippen LogP contribution < -0.4 is 0 Å². The van der Waals surface area contributed by atoms with Crippen molar-refractivity contribution in [3.63, 3.8) is 0 Å². The van der Waals surface area contributed by atoms with Crippen molar-refractivity contribution in [2.75, 3.05) is 26.2 Å². The highest BCUT2D eigenvalue weighted by molar-refractivity contribution is 5.06. The predicted octanol–water partition coefficient (Wildman–Crippen LogP) is 3.46. The largest absolute Gasteiger partial charge is 0.357 e. The summed E-state index contributed by atoms with van der Waals surface area (Å²) in [6.45, 7) is 8.30. The summed E-state index contributed by atoms with van der Waals surface area (Å²) in [7, 11) is 0. The second-order valence-corrected chi connectivity index (χ2v) is 8.00. The summed E-state index contributed by atoms with van der Waals surface area (Å²) >= 11 is 0. The average molecular weight is 384 g/mol. The average Bonchev–Trinajstić information content (AvgIpc) is 3.38. The predicted molar refractivity (Wildman–Crippen MR) is 110 cm³/mol. The van der Waals surface area contributed by atoms with E-state index in [1.165, 1.54) is 31.5 Å². The summed E-state index contributed by atoms with van der Waals surface area (Å²) in [5.41, 5.74) is 2.37. The molecule has 2 aromatic rings. The number of pyridine rings is 1. The zero-order valence-electron chi connectivity index (χ0n) is 17.0. The monoisotopic (exact) mass is 383 g/mol. The van der Waals surface area contributed by atoms with E-state index < -0.39 is 0 Å². The molecule has 0 amide bonds. The number of hydrogen-bond donors (Lipinski definition) is 0. The van der Waals surface area contributed by atoms with Crippen LogP contribution in [0.2, 0.25) is 0 Å². The number of aromatic nitrogens is 3. The van der Waals surface area contributed by atoms with Crippen molar-refractivity contribution in [3.05, 3.63) is 48.0 Å². The standard InChI is InChI=1S/C22H33N5O/c1-2-26-14-7-9-20(26)17-25(16-19-8-3-5-12-23-19)18-21-11-13-24-27(21)22-10-4-6-15-28-22/h3,5,8,11-13,20,22H,2,4,6-7,9-10,14-18H2,1H3/t20-,22-/m1/s1. The van der Waals surface area contributed by atoms with E-state index in [9.17, 15) is 0 Å². The minimum absolute atomic E-state index is 0.0917. The fourth-order valence-electron chi connectivity index (χ4n) is 4.59. The topological polar surface area (TPSA) is 46.4 Å². The molecule has 2 aliphatic heterocycles. The van der Waals surface area contributed by atoms with Gasteiger partial charge in [0, 0.05) is 44.7 Å². The third-order valence-electron chi connectivity index (χ3n) is 6.05. The Morgan fingerprint density at radius 2 is 2.07 bits per heavy atom. The van der Waals surface area contributed by atoms with Gasteiger partial charge in [-0.1, -0.05) is 13.0 Å². The normalized spacial score (nSPS) is 23.5. The molecule has 152 valence electrons. The van der Waals surface area contributed by atoms with Crippen molar-refractivity contribution in [2.24, 2.45) is 0 Å². The zero-order chi connectivity index (χ0) is 19.2. The second kappa shape index (κ2) is 9.63. The summed E-state index contributed by atoms with van der Waals surface area (Å²) in [5.74, 6) is 0. The molecule has 2 saturated heterocycles. The molecule has 0 radical (unpaired) electrons. The van der Waals surface area contributed by atoms with Gasteiger partial charge in [-0.2, -0.15) is 5.10 Å². The van der Waals surface area contributed by atoms with Gasteiger partial charge in [0.05, 0.1) is 11.4 Å². The molecule has 0 saturated carbocycles. The van der Waals surface area contributed by atoms with Gasteiger partial charge in [0.2, 0.25) is 0 Å². The molecule has 28 heavy (non-hydrogen) atoms. The minimum atomic E-state index is 0.0917. The van der Waals surface area contributed by atoms with E-state index in [4.69, 9.17) is 4.74 Å². The molecule has 0 N–H and O–H groups in total. The molecule has 2 aromatic heterocycles. The Morgan fingerprint density at radius 3 is 2.86 bits per heavy atom. The van der Waals surface area contributed by atoms with Gasteiger partial charge in [0.15, 0.2) is 6.23 Å². The van der Waals surface area contributed by atoms with Gasteiger partial charge in [0.1, 0.15) is 0 Å². The Morgan fingerprint density at radius 1 is 1.11 bits per heavy atom. The Balaban J connectivity index is 1.49. The summed E-state index contributed by atoms with van der Waals surface area (Å²) in [6.07, 6.45) is 9.93. The van der Waals surface area contributed by atoms with E-state index in [2.05, 4.69) is 49.7 Å². The van der Waals surface area contributed by atoms with Crippen LogP contribution in [0.15, 0.2) is 36.7 Å². The SMILES string of the molecule is CCN1CCC[C@@H]1CN(Cc1ccccn1)Cc1ccnn1[C@H]1CCCCO1. The van der Waals surface area contributed by atoms with Gasteiger partial charge < -0.3 is 4.74 Å². The van der Waals surface area contributed by atoms with E-state index in [1.807, 2.05) is 18.5 Å². The van der Waals surface area contributed by atoms with Gasteiger partial charge in [-0.05, 0) is 63.4 Å². The quantitative estimate of drug-likeness (QED) is 0.699. The third-order valence-corrected chi connectivity index (χ3v) is 6.05. The number of nitrogens with zero attached hydrogens (tertiary/aromatic N) is 5. The molecule has 0 aliphatic carbocycles. The summed E-state index contributed by atoms with van der Waals surface area (Å²) in [4.78, 5) is 9.73. The maximum atomic E-state index is 5.99. The van der Waals surface area contributed by atoms with Crippen LogP contribution in [0.4, 0.5) is 0 Å². The summed E-state index contributed by atoms with van der Waals surface area (Å²) < 4.78 is 8.10. The van der Waals surface area contributed by atoms with E-state index in [0.29, 0.717) is 6.04 Å². The molecule has 0 aromatic carbocycles. The molecule has 6 heteroatoms. The smallest absolute Gasteiger partial charge is 0.150 e. The van der Waals surface area contributed by atoms with Crippen LogP contribution in [0.25, 0.3) is 0 Å². The fraction of sp³-hybridized carbons (Fsp3) is 0.636. The van der Waals surface area contributed by atoms with Gasteiger partial charge in [-0.15, -0.1) is 0 Å². The zero-order valence-corrected chi connectivity index (χ0v) is 17.0. The van der Waals surface area contributed by atoms with Crippen LogP contribution in [0, 0.1) is 0 Å². The van der Waals surface area contributed by atoms with Crippen molar-refractivity contribution in [1.82, 2.24) is 24.6 Å².